The normalized spacial score (nSPS) is 14.1. The van der Waals surface area contributed by atoms with Gasteiger partial charge in [0.1, 0.15) is 12.4 Å². The van der Waals surface area contributed by atoms with Crippen LogP contribution in [0.5, 0.6) is 0 Å². The third-order valence-corrected chi connectivity index (χ3v) is 12.5. The lowest BCUT2D eigenvalue weighted by Crippen LogP contribution is -3.05. The molecule has 0 amide bonds. The van der Waals surface area contributed by atoms with E-state index in [0.717, 1.165) is 0 Å². The molecule has 4 heteroatoms. The fourth-order valence-corrected chi connectivity index (χ4v) is 8.67. The molecule has 1 unspecified atom stereocenters. The van der Waals surface area contributed by atoms with Gasteiger partial charge in [-0.3, -0.25) is 0 Å². The molecule has 0 saturated heterocycles. The largest absolute Gasteiger partial charge is 0.335 e. The Labute approximate surface area is 345 Å². The minimum absolute atomic E-state index is 1.18. The molecule has 1 aromatic heterocycles. The highest BCUT2D eigenvalue weighted by Gasteiger charge is 2.16. The van der Waals surface area contributed by atoms with Gasteiger partial charge in [0.15, 0.2) is 12.7 Å². The molecule has 0 aliphatic carbocycles. The molecule has 2 rings (SSSR count). The highest BCUT2D eigenvalue weighted by molar-refractivity contribution is 5.38. The summed E-state index contributed by atoms with van der Waals surface area (Å²) in [6.07, 6.45) is 69.9. The Morgan fingerprint density at radius 1 is 0.400 bits per heavy atom. The van der Waals surface area contributed by atoms with Gasteiger partial charge in [-0.15, -0.1) is 0 Å². The first-order valence-electron chi connectivity index (χ1n) is 25.5. The zero-order valence-corrected chi connectivity index (χ0v) is 37.7. The molecule has 1 aliphatic heterocycles. The van der Waals surface area contributed by atoms with Crippen molar-refractivity contribution in [2.24, 2.45) is 0 Å². The van der Waals surface area contributed by atoms with Gasteiger partial charge in [-0.05, 0) is 44.9 Å². The second kappa shape index (κ2) is 39.4. The Hall–Kier alpha value is -1.42. The highest BCUT2D eigenvalue weighted by Crippen LogP contribution is 2.15. The summed E-state index contributed by atoms with van der Waals surface area (Å²) < 4.78 is 7.28. The summed E-state index contributed by atoms with van der Waals surface area (Å²) in [6, 6.07) is 0. The molecule has 1 aliphatic rings. The summed E-state index contributed by atoms with van der Waals surface area (Å²) in [5.41, 5.74) is 0. The molecule has 1 N–H and O–H groups in total. The van der Waals surface area contributed by atoms with E-state index in [1.807, 2.05) is 0 Å². The number of imidazole rings is 1. The van der Waals surface area contributed by atoms with Crippen molar-refractivity contribution in [2.45, 2.75) is 277 Å². The molecule has 1 atom stereocenters. The van der Waals surface area contributed by atoms with Crippen molar-refractivity contribution in [1.29, 1.82) is 0 Å². The molecule has 0 fully saturated rings. The fourth-order valence-electron chi connectivity index (χ4n) is 8.67. The molecular weight excluding hydrogens is 669 g/mol. The Balaban J connectivity index is 1.27. The van der Waals surface area contributed by atoms with E-state index in [2.05, 4.69) is 65.0 Å². The lowest BCUT2D eigenvalue weighted by molar-refractivity contribution is -0.750. The van der Waals surface area contributed by atoms with Crippen molar-refractivity contribution in [3.8, 4) is 0 Å². The molecule has 0 bridgehead atoms. The van der Waals surface area contributed by atoms with Crippen molar-refractivity contribution in [2.75, 3.05) is 13.1 Å². The van der Waals surface area contributed by atoms with E-state index in [-0.39, 0.29) is 0 Å². The molecular formula is C51H99N4+3. The quantitative estimate of drug-likeness (QED) is 0.0503. The van der Waals surface area contributed by atoms with E-state index in [9.17, 15) is 0 Å². The molecule has 1 aromatic rings. The van der Waals surface area contributed by atoms with Crippen molar-refractivity contribution < 1.29 is 14.0 Å². The summed E-state index contributed by atoms with van der Waals surface area (Å²) in [5, 5.41) is 0. The van der Waals surface area contributed by atoms with Gasteiger partial charge in [-0.25, -0.2) is 14.0 Å². The first-order chi connectivity index (χ1) is 27.3. The number of quaternary nitrogens is 1. The summed E-state index contributed by atoms with van der Waals surface area (Å²) in [5.74, 6) is 0. The van der Waals surface area contributed by atoms with Crippen LogP contribution in [0.3, 0.4) is 0 Å². The monoisotopic (exact) mass is 768 g/mol. The number of nitrogens with zero attached hydrogens (tertiary/aromatic N) is 3. The number of hydrogen-bond donors (Lipinski definition) is 1. The van der Waals surface area contributed by atoms with Gasteiger partial charge in [-0.1, -0.05) is 213 Å². The average molecular weight is 768 g/mol. The van der Waals surface area contributed by atoms with Gasteiger partial charge >= 0.3 is 6.34 Å². The van der Waals surface area contributed by atoms with Crippen LogP contribution in [-0.4, -0.2) is 28.6 Å². The van der Waals surface area contributed by atoms with Crippen LogP contribution in [0.2, 0.25) is 0 Å². The third kappa shape index (κ3) is 32.3. The molecule has 0 saturated carbocycles. The van der Waals surface area contributed by atoms with E-state index in [0.29, 0.717) is 0 Å². The number of nitrogens with one attached hydrogen (secondary N) is 1. The number of rotatable bonds is 44. The van der Waals surface area contributed by atoms with Crippen LogP contribution >= 0.6 is 0 Å². The van der Waals surface area contributed by atoms with Crippen molar-refractivity contribution in [3.05, 3.63) is 31.1 Å². The van der Waals surface area contributed by atoms with Gasteiger partial charge < -0.3 is 0 Å². The molecule has 0 radical (unpaired) electrons. The summed E-state index contributed by atoms with van der Waals surface area (Å²) in [4.78, 5) is 1.55. The Morgan fingerprint density at radius 2 is 0.764 bits per heavy atom. The minimum Gasteiger partial charge on any atom is -0.237 e. The van der Waals surface area contributed by atoms with Crippen LogP contribution in [0.15, 0.2) is 31.1 Å². The zero-order chi connectivity index (χ0) is 39.0. The first-order valence-corrected chi connectivity index (χ1v) is 25.5. The molecule has 0 spiro atoms. The van der Waals surface area contributed by atoms with E-state index in [4.69, 9.17) is 0 Å². The van der Waals surface area contributed by atoms with Crippen LogP contribution in [0.25, 0.3) is 0 Å². The summed E-state index contributed by atoms with van der Waals surface area (Å²) in [6.45, 7) is 9.46. The number of aromatic nitrogens is 2. The SMILES string of the molecule is CCCCCCCCCCCCCCCCCCn1cc[n+](CCCCCCCCC[N+]2=C[NH+](CCCCCCCCCCCCCCCCCC)C=C2)c1. The summed E-state index contributed by atoms with van der Waals surface area (Å²) >= 11 is 0. The van der Waals surface area contributed by atoms with Crippen LogP contribution in [-0.2, 0) is 13.1 Å². The van der Waals surface area contributed by atoms with Gasteiger partial charge in [0.2, 0.25) is 12.5 Å². The maximum absolute atomic E-state index is 2.45. The second-order valence-electron chi connectivity index (χ2n) is 18.0. The summed E-state index contributed by atoms with van der Waals surface area (Å²) in [7, 11) is 0. The predicted octanol–water partition coefficient (Wildman–Crippen LogP) is 14.4. The standard InChI is InChI=1S/C51H98N4/c1-3-5-7-9-11-13-15-17-19-21-23-25-27-30-34-38-42-52-46-48-54(50-52)44-40-36-32-29-33-37-41-45-55-49-47-53(51-55)43-39-35-31-28-26-24-22-20-18-16-14-12-10-8-6-4-2/h46-51H,3-45H2,1-2H3/q+2/p+1. The number of hydrogen-bond acceptors (Lipinski definition) is 0. The van der Waals surface area contributed by atoms with Crippen LogP contribution in [0.4, 0.5) is 0 Å². The Morgan fingerprint density at radius 3 is 1.20 bits per heavy atom. The van der Waals surface area contributed by atoms with Gasteiger partial charge in [0.25, 0.3) is 0 Å². The van der Waals surface area contributed by atoms with E-state index in [1.165, 1.54) is 277 Å². The lowest BCUT2D eigenvalue weighted by atomic mass is 10.0. The molecule has 4 nitrogen and oxygen atoms in total. The van der Waals surface area contributed by atoms with E-state index in [1.54, 1.807) is 4.90 Å². The zero-order valence-electron chi connectivity index (χ0n) is 37.7. The average Bonchev–Trinajstić information content (AvgIpc) is 3.86. The smallest absolute Gasteiger partial charge is 0.237 e. The Bertz CT molecular complexity index is 979. The lowest BCUT2D eigenvalue weighted by Gasteiger charge is -2.04. The minimum atomic E-state index is 1.18. The highest BCUT2D eigenvalue weighted by atomic mass is 15.2. The fraction of sp³-hybridized carbons (Fsp3) is 0.882. The van der Waals surface area contributed by atoms with Crippen molar-refractivity contribution >= 4 is 6.34 Å². The number of aryl methyl sites for hydroxylation is 2. The van der Waals surface area contributed by atoms with Crippen molar-refractivity contribution in [1.82, 2.24) is 4.57 Å². The third-order valence-electron chi connectivity index (χ3n) is 12.5. The predicted molar refractivity (Wildman–Crippen MR) is 242 cm³/mol. The van der Waals surface area contributed by atoms with Gasteiger partial charge in [0.05, 0.1) is 19.6 Å². The molecule has 2 heterocycles. The Kier molecular flexibility index (Phi) is 35.6. The topological polar surface area (TPSA) is 16.3 Å². The number of unbranched alkanes of at least 4 members (excludes halogenated alkanes) is 36. The van der Waals surface area contributed by atoms with E-state index >= 15 is 0 Å². The second-order valence-corrected chi connectivity index (χ2v) is 18.0. The van der Waals surface area contributed by atoms with Crippen LogP contribution < -0.4 is 9.47 Å². The maximum Gasteiger partial charge on any atom is 0.335 e. The first kappa shape index (κ1) is 49.7. The van der Waals surface area contributed by atoms with E-state index < -0.39 is 0 Å². The molecule has 0 aromatic carbocycles. The van der Waals surface area contributed by atoms with Gasteiger partial charge in [0, 0.05) is 6.42 Å². The van der Waals surface area contributed by atoms with Crippen LogP contribution in [0.1, 0.15) is 264 Å². The van der Waals surface area contributed by atoms with Crippen LogP contribution in [0, 0.1) is 0 Å². The van der Waals surface area contributed by atoms with Gasteiger partial charge in [-0.2, -0.15) is 4.58 Å². The maximum atomic E-state index is 2.45. The van der Waals surface area contributed by atoms with Crippen molar-refractivity contribution in [3.63, 3.8) is 0 Å². The molecule has 320 valence electrons. The molecule has 55 heavy (non-hydrogen) atoms.